The summed E-state index contributed by atoms with van der Waals surface area (Å²) in [5.41, 5.74) is 2.97. The van der Waals surface area contributed by atoms with Gasteiger partial charge in [0, 0.05) is 27.9 Å². The molecule has 1 rings (SSSR count). The summed E-state index contributed by atoms with van der Waals surface area (Å²) in [6.45, 7) is 11.7. The van der Waals surface area contributed by atoms with Gasteiger partial charge in [0.1, 0.15) is 0 Å². The van der Waals surface area contributed by atoms with E-state index in [2.05, 4.69) is 32.3 Å². The van der Waals surface area contributed by atoms with Gasteiger partial charge >= 0.3 is 0 Å². The van der Waals surface area contributed by atoms with Crippen molar-refractivity contribution in [1.29, 1.82) is 0 Å². The number of halogens is 1. The van der Waals surface area contributed by atoms with Gasteiger partial charge < -0.3 is 5.32 Å². The summed E-state index contributed by atoms with van der Waals surface area (Å²) in [5.74, 6) is 0. The molecule has 1 N–H and O–H groups in total. The van der Waals surface area contributed by atoms with Crippen LogP contribution in [-0.2, 0) is 0 Å². The molecule has 0 aromatic heterocycles. The Kier molecular flexibility index (Phi) is 3.98. The molecule has 80 valence electrons. The predicted molar refractivity (Wildman–Crippen MR) is 70.4 cm³/mol. The summed E-state index contributed by atoms with van der Waals surface area (Å²) in [6.07, 6.45) is 3.55. The molecule has 0 heterocycles. The van der Waals surface area contributed by atoms with E-state index in [4.69, 9.17) is 11.6 Å². The van der Waals surface area contributed by atoms with Gasteiger partial charge in [-0.15, -0.1) is 0 Å². The lowest BCUT2D eigenvalue weighted by atomic mass is 10.0. The van der Waals surface area contributed by atoms with Crippen molar-refractivity contribution in [2.24, 2.45) is 0 Å². The second kappa shape index (κ2) is 5.04. The second-order valence-electron chi connectivity index (χ2n) is 3.63. The summed E-state index contributed by atoms with van der Waals surface area (Å²) in [6, 6.07) is 4.21. The molecule has 0 saturated heterocycles. The third-order valence-corrected chi connectivity index (χ3v) is 2.42. The van der Waals surface area contributed by atoms with Crippen LogP contribution in [0.25, 0.3) is 12.2 Å². The summed E-state index contributed by atoms with van der Waals surface area (Å²) in [7, 11) is 0. The van der Waals surface area contributed by atoms with Gasteiger partial charge in [-0.3, -0.25) is 0 Å². The molecular formula is C13H16ClN. The average molecular weight is 222 g/mol. The Morgan fingerprint density at radius 3 is 2.27 bits per heavy atom. The lowest BCUT2D eigenvalue weighted by molar-refractivity contribution is 0.899. The maximum atomic E-state index is 6.07. The van der Waals surface area contributed by atoms with Gasteiger partial charge in [0.25, 0.3) is 0 Å². The zero-order valence-electron chi connectivity index (χ0n) is 9.18. The first-order valence-electron chi connectivity index (χ1n) is 4.94. The molecule has 0 atom stereocenters. The molecule has 15 heavy (non-hydrogen) atoms. The minimum atomic E-state index is 0.377. The lowest BCUT2D eigenvalue weighted by Crippen LogP contribution is -2.11. The van der Waals surface area contributed by atoms with E-state index in [1.165, 1.54) is 0 Å². The van der Waals surface area contributed by atoms with Gasteiger partial charge in [0.05, 0.1) is 0 Å². The molecular weight excluding hydrogens is 206 g/mol. The van der Waals surface area contributed by atoms with Crippen LogP contribution in [0.5, 0.6) is 0 Å². The molecule has 0 spiro atoms. The molecule has 0 radical (unpaired) electrons. The van der Waals surface area contributed by atoms with Gasteiger partial charge in [-0.25, -0.2) is 0 Å². The number of hydrogen-bond acceptors (Lipinski definition) is 1. The quantitative estimate of drug-likeness (QED) is 0.792. The van der Waals surface area contributed by atoms with Crippen molar-refractivity contribution >= 4 is 29.4 Å². The summed E-state index contributed by atoms with van der Waals surface area (Å²) in [4.78, 5) is 0. The van der Waals surface area contributed by atoms with Crippen LogP contribution >= 0.6 is 11.6 Å². The molecule has 0 fully saturated rings. The maximum absolute atomic E-state index is 6.07. The van der Waals surface area contributed by atoms with Gasteiger partial charge in [0.2, 0.25) is 0 Å². The van der Waals surface area contributed by atoms with Crippen molar-refractivity contribution < 1.29 is 0 Å². The van der Waals surface area contributed by atoms with Crippen LogP contribution in [0.4, 0.5) is 5.69 Å². The van der Waals surface area contributed by atoms with Crippen LogP contribution < -0.4 is 5.32 Å². The summed E-state index contributed by atoms with van der Waals surface area (Å²) < 4.78 is 0. The van der Waals surface area contributed by atoms with Crippen LogP contribution in [0.15, 0.2) is 25.3 Å². The highest BCUT2D eigenvalue weighted by Crippen LogP contribution is 2.29. The fraction of sp³-hybridized carbons (Fsp3) is 0.231. The first-order valence-corrected chi connectivity index (χ1v) is 5.31. The topological polar surface area (TPSA) is 12.0 Å². The normalized spacial score (nSPS) is 10.1. The Balaban J connectivity index is 3.28. The Morgan fingerprint density at radius 1 is 1.20 bits per heavy atom. The summed E-state index contributed by atoms with van der Waals surface area (Å²) >= 11 is 6.07. The molecule has 1 aromatic rings. The first-order chi connectivity index (χ1) is 7.10. The second-order valence-corrected chi connectivity index (χ2v) is 4.04. The molecule has 0 bridgehead atoms. The maximum Gasteiger partial charge on any atom is 0.0485 e. The van der Waals surface area contributed by atoms with E-state index in [-0.39, 0.29) is 0 Å². The van der Waals surface area contributed by atoms with Crippen molar-refractivity contribution in [2.75, 3.05) is 5.32 Å². The predicted octanol–water partition coefficient (Wildman–Crippen LogP) is 4.45. The van der Waals surface area contributed by atoms with Crippen LogP contribution in [-0.4, -0.2) is 6.04 Å². The Hall–Kier alpha value is -1.21. The molecule has 0 amide bonds. The molecule has 1 aromatic carbocycles. The van der Waals surface area contributed by atoms with Gasteiger partial charge in [-0.05, 0) is 26.0 Å². The zero-order valence-corrected chi connectivity index (χ0v) is 9.93. The molecule has 0 saturated carbocycles. The van der Waals surface area contributed by atoms with E-state index >= 15 is 0 Å². The van der Waals surface area contributed by atoms with Crippen LogP contribution in [0.1, 0.15) is 25.0 Å². The SMILES string of the molecule is C=Cc1c(Cl)ccc(NC(C)C)c1C=C. The molecule has 0 aliphatic carbocycles. The Bertz CT molecular complexity index is 380. The number of hydrogen-bond donors (Lipinski definition) is 1. The van der Waals surface area contributed by atoms with Crippen LogP contribution in [0.2, 0.25) is 5.02 Å². The Morgan fingerprint density at radius 2 is 1.80 bits per heavy atom. The minimum Gasteiger partial charge on any atom is -0.382 e. The van der Waals surface area contributed by atoms with Crippen molar-refractivity contribution in [3.63, 3.8) is 0 Å². The van der Waals surface area contributed by atoms with Crippen molar-refractivity contribution in [3.8, 4) is 0 Å². The largest absolute Gasteiger partial charge is 0.382 e. The molecule has 0 aliphatic rings. The van der Waals surface area contributed by atoms with Crippen molar-refractivity contribution in [2.45, 2.75) is 19.9 Å². The van der Waals surface area contributed by atoms with E-state index < -0.39 is 0 Å². The van der Waals surface area contributed by atoms with Crippen LogP contribution in [0.3, 0.4) is 0 Å². The number of nitrogens with one attached hydrogen (secondary N) is 1. The number of benzene rings is 1. The fourth-order valence-corrected chi connectivity index (χ4v) is 1.72. The standard InChI is InChI=1S/C13H16ClN/c1-5-10-11(6-2)13(15-9(3)4)8-7-12(10)14/h5-9,15H,1-2H2,3-4H3. The van der Waals surface area contributed by atoms with Gasteiger partial charge in [0.15, 0.2) is 0 Å². The van der Waals surface area contributed by atoms with E-state index in [9.17, 15) is 0 Å². The van der Waals surface area contributed by atoms with Gasteiger partial charge in [-0.2, -0.15) is 0 Å². The number of rotatable bonds is 4. The van der Waals surface area contributed by atoms with E-state index in [0.717, 1.165) is 16.8 Å². The average Bonchev–Trinajstić information content (AvgIpc) is 2.19. The van der Waals surface area contributed by atoms with Crippen molar-refractivity contribution in [3.05, 3.63) is 41.4 Å². The highest BCUT2D eigenvalue weighted by molar-refractivity contribution is 6.32. The molecule has 0 unspecified atom stereocenters. The summed E-state index contributed by atoms with van der Waals surface area (Å²) in [5, 5.41) is 4.05. The van der Waals surface area contributed by atoms with Crippen molar-refractivity contribution in [1.82, 2.24) is 0 Å². The highest BCUT2D eigenvalue weighted by atomic mass is 35.5. The third kappa shape index (κ3) is 2.63. The molecule has 1 nitrogen and oxygen atoms in total. The lowest BCUT2D eigenvalue weighted by Gasteiger charge is -2.15. The molecule has 2 heteroatoms. The first kappa shape index (κ1) is 11.9. The highest BCUT2D eigenvalue weighted by Gasteiger charge is 2.07. The minimum absolute atomic E-state index is 0.377. The van der Waals surface area contributed by atoms with E-state index in [1.807, 2.05) is 12.1 Å². The van der Waals surface area contributed by atoms with E-state index in [1.54, 1.807) is 12.2 Å². The monoisotopic (exact) mass is 221 g/mol. The number of anilines is 1. The fourth-order valence-electron chi connectivity index (χ4n) is 1.47. The smallest absolute Gasteiger partial charge is 0.0485 e. The zero-order chi connectivity index (χ0) is 11.4. The van der Waals surface area contributed by atoms with E-state index in [0.29, 0.717) is 11.1 Å². The third-order valence-electron chi connectivity index (χ3n) is 2.09. The Labute approximate surface area is 96.5 Å². The molecule has 0 aliphatic heterocycles. The van der Waals surface area contributed by atoms with Crippen LogP contribution in [0, 0.1) is 0 Å². The van der Waals surface area contributed by atoms with Gasteiger partial charge in [-0.1, -0.05) is 36.9 Å².